The Morgan fingerprint density at radius 2 is 2.19 bits per heavy atom. The quantitative estimate of drug-likeness (QED) is 0.901. The van der Waals surface area contributed by atoms with Crippen LogP contribution in [0.2, 0.25) is 0 Å². The van der Waals surface area contributed by atoms with Crippen LogP contribution in [0.25, 0.3) is 0 Å². The Morgan fingerprint density at radius 1 is 1.56 bits per heavy atom. The number of nitrogens with zero attached hydrogens (tertiary/aromatic N) is 1. The lowest BCUT2D eigenvalue weighted by molar-refractivity contribution is 0.571. The second-order valence-corrected chi connectivity index (χ2v) is 7.75. The van der Waals surface area contributed by atoms with Gasteiger partial charge < -0.3 is 5.73 Å². The van der Waals surface area contributed by atoms with Crippen LogP contribution in [0.4, 0.5) is 0 Å². The van der Waals surface area contributed by atoms with E-state index in [1.165, 1.54) is 0 Å². The first-order chi connectivity index (χ1) is 7.34. The smallest absolute Gasteiger partial charge is 0.105 e. The number of hydrogen-bond acceptors (Lipinski definition) is 4. The van der Waals surface area contributed by atoms with Gasteiger partial charge in [-0.15, -0.1) is 11.3 Å². The molecule has 0 aliphatic rings. The lowest BCUT2D eigenvalue weighted by Gasteiger charge is -2.14. The molecule has 0 amide bonds. The van der Waals surface area contributed by atoms with Crippen molar-refractivity contribution in [2.24, 2.45) is 5.73 Å². The van der Waals surface area contributed by atoms with E-state index < -0.39 is 10.8 Å². The molecule has 1 aromatic rings. The van der Waals surface area contributed by atoms with Gasteiger partial charge in [0.2, 0.25) is 0 Å². The molecular weight excluding hydrogens is 240 g/mol. The molecule has 0 aliphatic carbocycles. The summed E-state index contributed by atoms with van der Waals surface area (Å²) in [7, 11) is -0.906. The summed E-state index contributed by atoms with van der Waals surface area (Å²) in [6.45, 7) is 8.76. The van der Waals surface area contributed by atoms with E-state index in [4.69, 9.17) is 5.73 Å². The average molecular weight is 260 g/mol. The minimum Gasteiger partial charge on any atom is -0.329 e. The van der Waals surface area contributed by atoms with Crippen LogP contribution in [0.1, 0.15) is 38.4 Å². The van der Waals surface area contributed by atoms with Crippen molar-refractivity contribution < 1.29 is 4.21 Å². The Hall–Kier alpha value is -0.260. The van der Waals surface area contributed by atoms with Gasteiger partial charge in [-0.3, -0.25) is 4.21 Å². The molecule has 16 heavy (non-hydrogen) atoms. The monoisotopic (exact) mass is 260 g/mol. The predicted molar refractivity (Wildman–Crippen MR) is 71.2 cm³/mol. The summed E-state index contributed by atoms with van der Waals surface area (Å²) in [6.07, 6.45) is 0. The molecule has 0 bridgehead atoms. The van der Waals surface area contributed by atoms with Crippen molar-refractivity contribution in [2.75, 3.05) is 6.54 Å². The van der Waals surface area contributed by atoms with Crippen LogP contribution in [-0.4, -0.2) is 21.0 Å². The van der Waals surface area contributed by atoms with Crippen molar-refractivity contribution in [2.45, 2.75) is 44.1 Å². The largest absolute Gasteiger partial charge is 0.329 e. The molecule has 0 saturated carbocycles. The third-order valence-electron chi connectivity index (χ3n) is 2.37. The maximum atomic E-state index is 11.8. The normalized spacial score (nSPS) is 16.1. The number of thiazole rings is 1. The van der Waals surface area contributed by atoms with E-state index in [1.807, 2.05) is 6.92 Å². The van der Waals surface area contributed by atoms with E-state index in [9.17, 15) is 4.21 Å². The van der Waals surface area contributed by atoms with E-state index in [-0.39, 0.29) is 10.7 Å². The van der Waals surface area contributed by atoms with Crippen molar-refractivity contribution in [3.8, 4) is 0 Å². The zero-order chi connectivity index (χ0) is 12.3. The van der Waals surface area contributed by atoms with Gasteiger partial charge in [-0.1, -0.05) is 20.8 Å². The van der Waals surface area contributed by atoms with Crippen LogP contribution in [0, 0.1) is 0 Å². The molecule has 0 radical (unpaired) electrons. The number of rotatable bonds is 4. The van der Waals surface area contributed by atoms with Crippen LogP contribution in [0.15, 0.2) is 5.38 Å². The molecule has 3 nitrogen and oxygen atoms in total. The van der Waals surface area contributed by atoms with Crippen molar-refractivity contribution in [1.82, 2.24) is 4.98 Å². The van der Waals surface area contributed by atoms with Gasteiger partial charge in [-0.25, -0.2) is 4.98 Å². The van der Waals surface area contributed by atoms with Crippen LogP contribution in [0.3, 0.4) is 0 Å². The van der Waals surface area contributed by atoms with Crippen molar-refractivity contribution >= 4 is 22.1 Å². The summed E-state index contributed by atoms with van der Waals surface area (Å²) in [6, 6.07) is 0. The van der Waals surface area contributed by atoms with E-state index in [1.54, 1.807) is 11.3 Å². The highest BCUT2D eigenvalue weighted by molar-refractivity contribution is 7.85. The standard InChI is InChI=1S/C11H20N2OS2/c1-8(5-12)16(14)7-10-13-9(6-15-10)11(2,3)4/h6,8H,5,7,12H2,1-4H3. The third-order valence-corrected chi connectivity index (χ3v) is 5.05. The summed E-state index contributed by atoms with van der Waals surface area (Å²) in [5, 5.41) is 3.05. The highest BCUT2D eigenvalue weighted by Gasteiger charge is 2.19. The predicted octanol–water partition coefficient (Wildman–Crippen LogP) is 2.04. The van der Waals surface area contributed by atoms with E-state index >= 15 is 0 Å². The Labute approximate surface area is 104 Å². The minimum absolute atomic E-state index is 0.0435. The van der Waals surface area contributed by atoms with Crippen LogP contribution in [-0.2, 0) is 22.0 Å². The highest BCUT2D eigenvalue weighted by atomic mass is 32.2. The molecule has 92 valence electrons. The first kappa shape index (κ1) is 13.8. The maximum Gasteiger partial charge on any atom is 0.105 e. The van der Waals surface area contributed by atoms with Gasteiger partial charge in [0.25, 0.3) is 0 Å². The molecule has 1 rings (SSSR count). The zero-order valence-electron chi connectivity index (χ0n) is 10.3. The minimum atomic E-state index is -0.906. The molecule has 2 atom stereocenters. The summed E-state index contributed by atoms with van der Waals surface area (Å²) in [5.74, 6) is 0.527. The van der Waals surface area contributed by atoms with Gasteiger partial charge in [0.15, 0.2) is 0 Å². The lowest BCUT2D eigenvalue weighted by atomic mass is 9.93. The van der Waals surface area contributed by atoms with Crippen LogP contribution in [0.5, 0.6) is 0 Å². The van der Waals surface area contributed by atoms with Gasteiger partial charge in [-0.05, 0) is 6.92 Å². The first-order valence-corrected chi connectivity index (χ1v) is 7.63. The molecule has 2 N–H and O–H groups in total. The molecule has 2 unspecified atom stereocenters. The van der Waals surface area contributed by atoms with E-state index in [0.717, 1.165) is 10.7 Å². The number of hydrogen-bond donors (Lipinski definition) is 1. The van der Waals surface area contributed by atoms with Gasteiger partial charge in [0, 0.05) is 33.4 Å². The van der Waals surface area contributed by atoms with E-state index in [0.29, 0.717) is 12.3 Å². The Bertz CT molecular complexity index is 368. The molecule has 1 heterocycles. The van der Waals surface area contributed by atoms with Crippen molar-refractivity contribution in [3.05, 3.63) is 16.1 Å². The maximum absolute atomic E-state index is 11.8. The summed E-state index contributed by atoms with van der Waals surface area (Å²) in [5.41, 5.74) is 6.63. The summed E-state index contributed by atoms with van der Waals surface area (Å²) in [4.78, 5) is 4.52. The molecule has 0 spiro atoms. The van der Waals surface area contributed by atoms with Gasteiger partial charge >= 0.3 is 0 Å². The van der Waals surface area contributed by atoms with Crippen LogP contribution >= 0.6 is 11.3 Å². The van der Waals surface area contributed by atoms with Crippen LogP contribution < -0.4 is 5.73 Å². The molecule has 0 saturated heterocycles. The molecular formula is C11H20N2OS2. The topological polar surface area (TPSA) is 56.0 Å². The molecule has 0 aromatic carbocycles. The second kappa shape index (κ2) is 5.38. The fourth-order valence-electron chi connectivity index (χ4n) is 1.09. The first-order valence-electron chi connectivity index (χ1n) is 5.36. The van der Waals surface area contributed by atoms with Gasteiger partial charge in [0.05, 0.1) is 11.4 Å². The van der Waals surface area contributed by atoms with Gasteiger partial charge in [-0.2, -0.15) is 0 Å². The molecule has 5 heteroatoms. The van der Waals surface area contributed by atoms with Gasteiger partial charge in [0.1, 0.15) is 5.01 Å². The van der Waals surface area contributed by atoms with Crippen molar-refractivity contribution in [1.29, 1.82) is 0 Å². The Balaban J connectivity index is 2.70. The van der Waals surface area contributed by atoms with Crippen molar-refractivity contribution in [3.63, 3.8) is 0 Å². The fraction of sp³-hybridized carbons (Fsp3) is 0.727. The second-order valence-electron chi connectivity index (χ2n) is 4.95. The molecule has 0 aliphatic heterocycles. The van der Waals surface area contributed by atoms with E-state index in [2.05, 4.69) is 31.1 Å². The molecule has 1 aromatic heterocycles. The zero-order valence-corrected chi connectivity index (χ0v) is 12.0. The Kier molecular flexibility index (Phi) is 4.64. The number of nitrogens with two attached hydrogens (primary N) is 1. The summed E-state index contributed by atoms with van der Waals surface area (Å²) >= 11 is 1.59. The third kappa shape index (κ3) is 3.64. The lowest BCUT2D eigenvalue weighted by Crippen LogP contribution is -2.22. The summed E-state index contributed by atoms with van der Waals surface area (Å²) < 4.78 is 11.8. The highest BCUT2D eigenvalue weighted by Crippen LogP contribution is 2.24. The molecule has 0 fully saturated rings. The fourth-order valence-corrected chi connectivity index (χ4v) is 3.33. The average Bonchev–Trinajstić information content (AvgIpc) is 2.64. The number of aromatic nitrogens is 1. The Morgan fingerprint density at radius 3 is 2.62 bits per heavy atom. The SMILES string of the molecule is CC(CN)S(=O)Cc1nc(C(C)(C)C)cs1.